The molecule has 6 heteroatoms. The Morgan fingerprint density at radius 3 is 2.90 bits per heavy atom. The molecule has 0 aliphatic carbocycles. The molecule has 0 atom stereocenters. The zero-order chi connectivity index (χ0) is 15.2. The Balaban J connectivity index is 2.20. The smallest absolute Gasteiger partial charge is 0.254 e. The van der Waals surface area contributed by atoms with Gasteiger partial charge < -0.3 is 10.0 Å². The molecule has 6 nitrogen and oxygen atoms in total. The molecular formula is C15H16N4O2. The maximum absolute atomic E-state index is 12.4. The number of nitrogens with zero attached hydrogens (tertiary/aromatic N) is 3. The lowest BCUT2D eigenvalue weighted by Crippen LogP contribution is -2.26. The summed E-state index contributed by atoms with van der Waals surface area (Å²) in [6.45, 7) is 2.05. The highest BCUT2D eigenvalue weighted by molar-refractivity contribution is 5.94. The minimum atomic E-state index is -0.206. The van der Waals surface area contributed by atoms with Crippen LogP contribution >= 0.6 is 0 Å². The first-order chi connectivity index (χ1) is 10.1. The molecule has 1 aromatic carbocycles. The minimum Gasteiger partial charge on any atom is -0.384 e. The predicted molar refractivity (Wildman–Crippen MR) is 77.3 cm³/mol. The molecule has 2 aromatic rings. The Morgan fingerprint density at radius 1 is 1.43 bits per heavy atom. The minimum absolute atomic E-state index is 0.123. The summed E-state index contributed by atoms with van der Waals surface area (Å²) in [5.41, 5.74) is 2.20. The van der Waals surface area contributed by atoms with Gasteiger partial charge in [-0.1, -0.05) is 11.8 Å². The molecule has 1 heterocycles. The van der Waals surface area contributed by atoms with Crippen LogP contribution in [0.25, 0.3) is 0 Å². The van der Waals surface area contributed by atoms with Crippen LogP contribution in [0.3, 0.4) is 0 Å². The number of benzene rings is 1. The van der Waals surface area contributed by atoms with Gasteiger partial charge in [0.05, 0.1) is 6.54 Å². The third-order valence-corrected chi connectivity index (χ3v) is 2.83. The van der Waals surface area contributed by atoms with Crippen molar-refractivity contribution in [3.63, 3.8) is 0 Å². The van der Waals surface area contributed by atoms with Crippen molar-refractivity contribution in [3.8, 4) is 11.8 Å². The van der Waals surface area contributed by atoms with Crippen molar-refractivity contribution in [2.24, 2.45) is 0 Å². The van der Waals surface area contributed by atoms with Gasteiger partial charge in [-0.15, -0.1) is 0 Å². The van der Waals surface area contributed by atoms with Crippen LogP contribution in [0.5, 0.6) is 0 Å². The van der Waals surface area contributed by atoms with Gasteiger partial charge in [-0.25, -0.2) is 4.98 Å². The maximum Gasteiger partial charge on any atom is 0.254 e. The van der Waals surface area contributed by atoms with E-state index in [1.54, 1.807) is 18.0 Å². The van der Waals surface area contributed by atoms with Crippen molar-refractivity contribution < 1.29 is 9.90 Å². The number of aromatic nitrogens is 3. The number of aliphatic hydroxyl groups is 1. The average Bonchev–Trinajstić information content (AvgIpc) is 2.96. The van der Waals surface area contributed by atoms with Gasteiger partial charge in [0.2, 0.25) is 0 Å². The van der Waals surface area contributed by atoms with Gasteiger partial charge in [-0.2, -0.15) is 5.10 Å². The molecule has 21 heavy (non-hydrogen) atoms. The lowest BCUT2D eigenvalue weighted by molar-refractivity contribution is 0.0781. The number of rotatable bonds is 3. The quantitative estimate of drug-likeness (QED) is 0.814. The molecule has 1 amide bonds. The van der Waals surface area contributed by atoms with Crippen LogP contribution in [0.15, 0.2) is 24.5 Å². The van der Waals surface area contributed by atoms with Crippen molar-refractivity contribution in [3.05, 3.63) is 47.0 Å². The van der Waals surface area contributed by atoms with Crippen molar-refractivity contribution in [2.75, 3.05) is 13.7 Å². The van der Waals surface area contributed by atoms with Gasteiger partial charge in [-0.05, 0) is 30.7 Å². The third kappa shape index (κ3) is 3.91. The van der Waals surface area contributed by atoms with Crippen molar-refractivity contribution >= 4 is 5.91 Å². The molecule has 1 aromatic heterocycles. The highest BCUT2D eigenvalue weighted by atomic mass is 16.2. The second-order valence-electron chi connectivity index (χ2n) is 4.64. The summed E-state index contributed by atoms with van der Waals surface area (Å²) in [6.07, 6.45) is 1.41. The lowest BCUT2D eigenvalue weighted by Gasteiger charge is -2.16. The fourth-order valence-corrected chi connectivity index (χ4v) is 1.94. The number of H-pyrrole nitrogens is 1. The van der Waals surface area contributed by atoms with Crippen molar-refractivity contribution in [1.82, 2.24) is 20.1 Å². The molecule has 0 saturated heterocycles. The molecule has 0 fully saturated rings. The van der Waals surface area contributed by atoms with E-state index in [0.29, 0.717) is 23.5 Å². The first kappa shape index (κ1) is 14.8. The van der Waals surface area contributed by atoms with E-state index in [4.69, 9.17) is 5.11 Å². The number of hydrogen-bond acceptors (Lipinski definition) is 4. The van der Waals surface area contributed by atoms with Crippen LogP contribution in [0.1, 0.15) is 27.3 Å². The summed E-state index contributed by atoms with van der Waals surface area (Å²) in [7, 11) is 1.70. The number of amides is 1. The molecule has 108 valence electrons. The Kier molecular flexibility index (Phi) is 4.69. The zero-order valence-corrected chi connectivity index (χ0v) is 11.9. The van der Waals surface area contributed by atoms with Gasteiger partial charge in [0.25, 0.3) is 5.91 Å². The third-order valence-electron chi connectivity index (χ3n) is 2.83. The van der Waals surface area contributed by atoms with Gasteiger partial charge in [0, 0.05) is 18.2 Å². The predicted octanol–water partition coefficient (Wildman–Crippen LogP) is 0.729. The summed E-state index contributed by atoms with van der Waals surface area (Å²) >= 11 is 0. The highest BCUT2D eigenvalue weighted by Crippen LogP contribution is 2.12. The molecular weight excluding hydrogens is 268 g/mol. The van der Waals surface area contributed by atoms with Crippen LogP contribution in [-0.4, -0.2) is 44.7 Å². The van der Waals surface area contributed by atoms with Crippen LogP contribution in [0, 0.1) is 18.8 Å². The number of hydrogen-bond donors (Lipinski definition) is 2. The van der Waals surface area contributed by atoms with Gasteiger partial charge in [0.15, 0.2) is 0 Å². The average molecular weight is 284 g/mol. The lowest BCUT2D eigenvalue weighted by atomic mass is 10.1. The summed E-state index contributed by atoms with van der Waals surface area (Å²) in [5, 5.41) is 15.2. The molecule has 2 rings (SSSR count). The Morgan fingerprint density at radius 2 is 2.24 bits per heavy atom. The van der Waals surface area contributed by atoms with Crippen LogP contribution in [-0.2, 0) is 6.54 Å². The standard InChI is InChI=1S/C15H16N4O2/c1-11-6-12(4-3-5-20)8-13(7-11)15(21)19(2)9-14-16-10-17-18-14/h6-8,10,20H,5,9H2,1-2H3,(H,16,17,18). The molecule has 0 saturated carbocycles. The first-order valence-corrected chi connectivity index (χ1v) is 6.41. The van der Waals surface area contributed by atoms with Crippen LogP contribution < -0.4 is 0 Å². The maximum atomic E-state index is 12.4. The van der Waals surface area contributed by atoms with E-state index in [0.717, 1.165) is 5.56 Å². The summed E-state index contributed by atoms with van der Waals surface area (Å²) in [4.78, 5) is 18.0. The largest absolute Gasteiger partial charge is 0.384 e. The number of nitrogens with one attached hydrogen (secondary N) is 1. The number of carbonyl (C=O) groups is 1. The second-order valence-corrected chi connectivity index (χ2v) is 4.64. The number of aliphatic hydroxyl groups excluding tert-OH is 1. The van der Waals surface area contributed by atoms with E-state index in [1.807, 2.05) is 19.1 Å². The number of aromatic amines is 1. The highest BCUT2D eigenvalue weighted by Gasteiger charge is 2.14. The second kappa shape index (κ2) is 6.68. The Hall–Kier alpha value is -2.65. The first-order valence-electron chi connectivity index (χ1n) is 6.41. The van der Waals surface area contributed by atoms with Crippen LogP contribution in [0.2, 0.25) is 0 Å². The normalized spacial score (nSPS) is 9.86. The summed E-state index contributed by atoms with van der Waals surface area (Å²) < 4.78 is 0. The summed E-state index contributed by atoms with van der Waals surface area (Å²) in [5.74, 6) is 5.90. The molecule has 0 unspecified atom stereocenters. The van der Waals surface area contributed by atoms with Gasteiger partial charge in [0.1, 0.15) is 18.8 Å². The molecule has 0 radical (unpaired) electrons. The SMILES string of the molecule is Cc1cc(C#CCO)cc(C(=O)N(C)Cc2ncn[nH]2)c1. The van der Waals surface area contributed by atoms with Gasteiger partial charge in [-0.3, -0.25) is 9.89 Å². The fraction of sp³-hybridized carbons (Fsp3) is 0.267. The summed E-state index contributed by atoms with van der Waals surface area (Å²) in [6, 6.07) is 5.40. The van der Waals surface area contributed by atoms with Crippen molar-refractivity contribution in [2.45, 2.75) is 13.5 Å². The molecule has 2 N–H and O–H groups in total. The Labute approximate surface area is 122 Å². The van der Waals surface area contributed by atoms with E-state index in [1.165, 1.54) is 6.33 Å². The van der Waals surface area contributed by atoms with E-state index in [2.05, 4.69) is 27.0 Å². The van der Waals surface area contributed by atoms with E-state index in [-0.39, 0.29) is 12.5 Å². The number of aryl methyl sites for hydroxylation is 1. The molecule has 0 aliphatic rings. The molecule has 0 aliphatic heterocycles. The van der Waals surface area contributed by atoms with E-state index in [9.17, 15) is 4.79 Å². The van der Waals surface area contributed by atoms with E-state index < -0.39 is 0 Å². The fourth-order valence-electron chi connectivity index (χ4n) is 1.94. The van der Waals surface area contributed by atoms with Crippen LogP contribution in [0.4, 0.5) is 0 Å². The molecule has 0 bridgehead atoms. The van der Waals surface area contributed by atoms with Crippen molar-refractivity contribution in [1.29, 1.82) is 0 Å². The Bertz CT molecular complexity index is 683. The topological polar surface area (TPSA) is 82.1 Å². The van der Waals surface area contributed by atoms with E-state index >= 15 is 0 Å². The zero-order valence-electron chi connectivity index (χ0n) is 11.9. The number of carbonyl (C=O) groups excluding carboxylic acids is 1. The van der Waals surface area contributed by atoms with Gasteiger partial charge >= 0.3 is 0 Å². The monoisotopic (exact) mass is 284 g/mol. The molecule has 0 spiro atoms.